The van der Waals surface area contributed by atoms with Crippen LogP contribution in [0.1, 0.15) is 27.2 Å². The molecule has 216 valence electrons. The monoisotopic (exact) mass is 572 g/mol. The summed E-state index contributed by atoms with van der Waals surface area (Å²) in [5.74, 6) is -7.22. The van der Waals surface area contributed by atoms with Crippen LogP contribution in [0.25, 0.3) is 41.8 Å². The molecule has 22 heteroatoms. The number of ether oxygens (including phenoxy) is 5. The third kappa shape index (κ3) is 7.51. The lowest BCUT2D eigenvalue weighted by Crippen LogP contribution is -2.66. The second kappa shape index (κ2) is 14.0. The molecule has 0 aromatic carbocycles. The van der Waals surface area contributed by atoms with Gasteiger partial charge in [-0.05, 0) is 28.5 Å². The van der Waals surface area contributed by atoms with Crippen molar-refractivity contribution in [1.82, 2.24) is 0 Å². The average molecular weight is 572 g/mol. The van der Waals surface area contributed by atoms with Crippen LogP contribution in [0.15, 0.2) is 20.5 Å². The predicted octanol–water partition coefficient (Wildman–Crippen LogP) is 3.28. The number of nitrogens with zero attached hydrogens (tertiary/aromatic N) is 12. The number of halogens is 2. The van der Waals surface area contributed by atoms with Crippen molar-refractivity contribution < 1.29 is 46.8 Å². The first-order valence-electron chi connectivity index (χ1n) is 11.2. The highest BCUT2D eigenvalue weighted by Gasteiger charge is 2.62. The molecule has 2 rings (SSSR count). The van der Waals surface area contributed by atoms with Gasteiger partial charge >= 0.3 is 17.9 Å². The Balaban J connectivity index is 2.65. The Labute approximate surface area is 222 Å². The van der Waals surface area contributed by atoms with E-state index in [0.717, 1.165) is 20.8 Å². The maximum absolute atomic E-state index is 15.6. The minimum Gasteiger partial charge on any atom is -0.458 e. The molecule has 0 N–H and O–H groups in total. The van der Waals surface area contributed by atoms with Crippen molar-refractivity contribution >= 4 is 17.9 Å². The van der Waals surface area contributed by atoms with Crippen LogP contribution in [0, 0.1) is 0 Å². The topological polar surface area (TPSA) is 292 Å². The smallest absolute Gasteiger partial charge is 0.303 e. The first-order valence-corrected chi connectivity index (χ1v) is 11.2. The average Bonchev–Trinajstić information content (AvgIpc) is 2.85. The Morgan fingerprint density at radius 2 is 1.35 bits per heavy atom. The van der Waals surface area contributed by atoms with Crippen molar-refractivity contribution in [3.63, 3.8) is 0 Å². The normalized spacial score (nSPS) is 32.4. The van der Waals surface area contributed by atoms with Crippen LogP contribution in [0.2, 0.25) is 0 Å². The van der Waals surface area contributed by atoms with E-state index in [9.17, 15) is 14.4 Å². The zero-order valence-corrected chi connectivity index (χ0v) is 21.0. The summed E-state index contributed by atoms with van der Waals surface area (Å²) in [6.07, 6.45) is -11.8. The number of esters is 3. The summed E-state index contributed by atoms with van der Waals surface area (Å²) in [5, 5.41) is 13.2. The Morgan fingerprint density at radius 3 is 1.85 bits per heavy atom. The predicted molar refractivity (Wildman–Crippen MR) is 123 cm³/mol. The molecule has 0 bridgehead atoms. The minimum atomic E-state index is -4.18. The zero-order chi connectivity index (χ0) is 30.0. The molecule has 40 heavy (non-hydrogen) atoms. The first kappa shape index (κ1) is 31.6. The number of hydrogen-bond acceptors (Lipinski definition) is 12. The van der Waals surface area contributed by atoms with E-state index in [1.807, 2.05) is 0 Å². The standard InChI is InChI=1S/C18H22F2N12O8/c1-6(33)36-12-9(26-30-22)4-10(27-31-23)13(14(12)37-7(2)34)40-17-15(28-32-24)18(19,20)16(38-8(3)35)11(39-17)5-25-29-21/h9-17H,4-5H2,1-3H3/t9?,10?,11-,12+,13-,14-,15?,16-,17-/m1/s1. The van der Waals surface area contributed by atoms with Gasteiger partial charge in [0.15, 0.2) is 24.5 Å². The van der Waals surface area contributed by atoms with Gasteiger partial charge in [-0.15, -0.1) is 0 Å². The van der Waals surface area contributed by atoms with Crippen LogP contribution in [0.4, 0.5) is 8.78 Å². The second-order valence-electron chi connectivity index (χ2n) is 8.34. The summed E-state index contributed by atoms with van der Waals surface area (Å²) < 4.78 is 57.5. The summed E-state index contributed by atoms with van der Waals surface area (Å²) in [7, 11) is 0. The van der Waals surface area contributed by atoms with E-state index in [4.69, 9.17) is 45.8 Å². The molecule has 2 aliphatic rings. The van der Waals surface area contributed by atoms with E-state index in [1.165, 1.54) is 0 Å². The zero-order valence-electron chi connectivity index (χ0n) is 21.0. The Morgan fingerprint density at radius 1 is 0.825 bits per heavy atom. The molecule has 3 unspecified atom stereocenters. The van der Waals surface area contributed by atoms with Gasteiger partial charge in [0, 0.05) is 40.4 Å². The van der Waals surface area contributed by atoms with Gasteiger partial charge in [-0.2, -0.15) is 0 Å². The molecule has 9 atom stereocenters. The van der Waals surface area contributed by atoms with Gasteiger partial charge in [0.2, 0.25) is 0 Å². The molecular formula is C18H22F2N12O8. The molecule has 0 radical (unpaired) electrons. The molecule has 1 heterocycles. The summed E-state index contributed by atoms with van der Waals surface area (Å²) in [4.78, 5) is 45.5. The van der Waals surface area contributed by atoms with Crippen molar-refractivity contribution in [2.45, 2.75) is 88.0 Å². The summed E-state index contributed by atoms with van der Waals surface area (Å²) in [6.45, 7) is 1.98. The van der Waals surface area contributed by atoms with Crippen LogP contribution >= 0.6 is 0 Å². The van der Waals surface area contributed by atoms with Crippen molar-refractivity contribution in [1.29, 1.82) is 0 Å². The van der Waals surface area contributed by atoms with Gasteiger partial charge < -0.3 is 23.7 Å². The largest absolute Gasteiger partial charge is 0.458 e. The van der Waals surface area contributed by atoms with Gasteiger partial charge in [0.25, 0.3) is 5.92 Å². The second-order valence-corrected chi connectivity index (χ2v) is 8.34. The van der Waals surface area contributed by atoms with Gasteiger partial charge in [-0.3, -0.25) is 14.4 Å². The third-order valence-electron chi connectivity index (χ3n) is 5.66. The third-order valence-corrected chi connectivity index (χ3v) is 5.66. The van der Waals surface area contributed by atoms with Gasteiger partial charge in [-0.25, -0.2) is 8.78 Å². The number of carbonyl (C=O) groups excluding carboxylic acids is 3. The molecule has 1 aliphatic carbocycles. The van der Waals surface area contributed by atoms with E-state index >= 15 is 8.78 Å². The highest BCUT2D eigenvalue weighted by Crippen LogP contribution is 2.41. The summed E-state index contributed by atoms with van der Waals surface area (Å²) in [6, 6.07) is -5.19. The maximum atomic E-state index is 15.6. The molecule has 20 nitrogen and oxygen atoms in total. The van der Waals surface area contributed by atoms with E-state index in [1.54, 1.807) is 0 Å². The fraction of sp³-hybridized carbons (Fsp3) is 0.833. The highest BCUT2D eigenvalue weighted by molar-refractivity contribution is 5.67. The van der Waals surface area contributed by atoms with E-state index in [2.05, 4.69) is 40.1 Å². The van der Waals surface area contributed by atoms with Crippen LogP contribution in [-0.2, 0) is 38.1 Å². The highest BCUT2D eigenvalue weighted by atomic mass is 19.3. The lowest BCUT2D eigenvalue weighted by atomic mass is 9.83. The van der Waals surface area contributed by atoms with Crippen LogP contribution in [0.5, 0.6) is 0 Å². The number of alkyl halides is 2. The quantitative estimate of drug-likeness (QED) is 0.123. The van der Waals surface area contributed by atoms with Crippen LogP contribution in [0.3, 0.4) is 0 Å². The molecule has 1 aliphatic heterocycles. The maximum Gasteiger partial charge on any atom is 0.303 e. The Kier molecular flexibility index (Phi) is 11.1. The SMILES string of the molecule is CC(=O)O[C@H]1[C@H](O[C@H]2O[C@H](CN=[N+]=[N-])[C@@H](OC(C)=O)C(F)(F)C2N=[N+]=[N-])C(N=[N+]=[N-])CC(N=[N+]=[N-])[C@@H]1OC(C)=O. The summed E-state index contributed by atoms with van der Waals surface area (Å²) in [5.41, 5.74) is 35.8. The molecule has 0 spiro atoms. The lowest BCUT2D eigenvalue weighted by molar-refractivity contribution is -0.323. The van der Waals surface area contributed by atoms with Crippen molar-refractivity contribution in [3.8, 4) is 0 Å². The number of hydrogen-bond donors (Lipinski definition) is 0. The van der Waals surface area contributed by atoms with E-state index in [-0.39, 0.29) is 6.42 Å². The van der Waals surface area contributed by atoms with E-state index < -0.39 is 85.3 Å². The molecule has 1 saturated heterocycles. The molecule has 2 fully saturated rings. The molecule has 0 aromatic rings. The van der Waals surface area contributed by atoms with E-state index in [0.29, 0.717) is 0 Å². The van der Waals surface area contributed by atoms with Crippen molar-refractivity contribution in [3.05, 3.63) is 41.8 Å². The fourth-order valence-electron chi connectivity index (χ4n) is 4.28. The minimum absolute atomic E-state index is 0.373. The first-order chi connectivity index (χ1) is 18.9. The molecule has 0 amide bonds. The Bertz CT molecular complexity index is 1180. The van der Waals surface area contributed by atoms with Crippen LogP contribution in [-0.4, -0.2) is 85.3 Å². The van der Waals surface area contributed by atoms with Crippen molar-refractivity contribution in [2.75, 3.05) is 6.54 Å². The van der Waals surface area contributed by atoms with Gasteiger partial charge in [0.1, 0.15) is 18.3 Å². The molecule has 0 aromatic heterocycles. The number of carbonyl (C=O) groups is 3. The lowest BCUT2D eigenvalue weighted by Gasteiger charge is -2.48. The van der Waals surface area contributed by atoms with Gasteiger partial charge in [0.05, 0.1) is 18.6 Å². The fourth-order valence-corrected chi connectivity index (χ4v) is 4.28. The number of rotatable bonds is 10. The Hall–Kier alpha value is -4.57. The molecular weight excluding hydrogens is 550 g/mol. The van der Waals surface area contributed by atoms with Crippen molar-refractivity contribution in [2.24, 2.45) is 20.5 Å². The van der Waals surface area contributed by atoms with Crippen LogP contribution < -0.4 is 0 Å². The molecule has 1 saturated carbocycles. The summed E-state index contributed by atoms with van der Waals surface area (Å²) >= 11 is 0. The van der Waals surface area contributed by atoms with Gasteiger partial charge in [-0.1, -0.05) is 20.5 Å². The number of azide groups is 4.